The summed E-state index contributed by atoms with van der Waals surface area (Å²) in [4.78, 5) is 36.4. The maximum absolute atomic E-state index is 12.5. The number of allylic oxidation sites excluding steroid dienone is 2. The molecule has 0 atom stereocenters. The van der Waals surface area contributed by atoms with Crippen LogP contribution in [0.1, 0.15) is 5.56 Å². The topological polar surface area (TPSA) is 99.0 Å². The number of rotatable bonds is 8. The van der Waals surface area contributed by atoms with Gasteiger partial charge in [0.1, 0.15) is 6.61 Å². The van der Waals surface area contributed by atoms with Crippen LogP contribution in [0.25, 0.3) is 6.08 Å². The quantitative estimate of drug-likeness (QED) is 0.353. The lowest BCUT2D eigenvalue weighted by Crippen LogP contribution is -2.32. The van der Waals surface area contributed by atoms with E-state index in [-0.39, 0.29) is 29.0 Å². The minimum atomic E-state index is -0.476. The van der Waals surface area contributed by atoms with E-state index in [0.717, 1.165) is 16.7 Å². The maximum Gasteiger partial charge on any atom is 0.293 e. The van der Waals surface area contributed by atoms with Gasteiger partial charge in [0.15, 0.2) is 11.5 Å². The summed E-state index contributed by atoms with van der Waals surface area (Å²) in [6.07, 6.45) is 4.73. The zero-order chi connectivity index (χ0) is 21.5. The third-order valence-corrected chi connectivity index (χ3v) is 5.06. The van der Waals surface area contributed by atoms with Crippen LogP contribution in [0.3, 0.4) is 0 Å². The minimum absolute atomic E-state index is 0.0208. The van der Waals surface area contributed by atoms with Crippen molar-refractivity contribution < 1.29 is 24.0 Å². The highest BCUT2D eigenvalue weighted by Crippen LogP contribution is 2.31. The van der Waals surface area contributed by atoms with Crippen molar-refractivity contribution in [3.63, 3.8) is 0 Å². The summed E-state index contributed by atoms with van der Waals surface area (Å²) in [5, 5.41) is 10.4. The summed E-state index contributed by atoms with van der Waals surface area (Å²) in [5.41, 5.74) is 0.595. The Bertz CT molecular complexity index is 1030. The van der Waals surface area contributed by atoms with Gasteiger partial charge in [0.2, 0.25) is 0 Å². The molecular formula is C21H18N2O6S. The van der Waals surface area contributed by atoms with Gasteiger partial charge in [0.05, 0.1) is 23.5 Å². The molecule has 30 heavy (non-hydrogen) atoms. The zero-order valence-corrected chi connectivity index (χ0v) is 16.8. The highest BCUT2D eigenvalue weighted by Gasteiger charge is 2.34. The van der Waals surface area contributed by atoms with Gasteiger partial charge in [-0.25, -0.2) is 0 Å². The van der Waals surface area contributed by atoms with Crippen LogP contribution >= 0.6 is 11.8 Å². The highest BCUT2D eigenvalue weighted by molar-refractivity contribution is 8.18. The first-order valence-corrected chi connectivity index (χ1v) is 9.73. The number of carbonyl (C=O) groups is 2. The van der Waals surface area contributed by atoms with E-state index in [2.05, 4.69) is 0 Å². The Kier molecular flexibility index (Phi) is 6.87. The average Bonchev–Trinajstić information content (AvgIpc) is 3.02. The van der Waals surface area contributed by atoms with Gasteiger partial charge < -0.3 is 9.47 Å². The molecule has 0 aromatic heterocycles. The normalized spacial score (nSPS) is 15.2. The lowest BCUT2D eigenvalue weighted by molar-refractivity contribution is -0.384. The predicted octanol–water partition coefficient (Wildman–Crippen LogP) is 4.27. The summed E-state index contributed by atoms with van der Waals surface area (Å²) < 4.78 is 10.8. The molecule has 154 valence electrons. The first-order valence-electron chi connectivity index (χ1n) is 8.92. The number of nitro groups is 1. The molecule has 2 aromatic carbocycles. The maximum atomic E-state index is 12.5. The molecule has 3 rings (SSSR count). The number of non-ortho nitro benzene ring substituents is 1. The van der Waals surface area contributed by atoms with Gasteiger partial charge in [-0.05, 0) is 35.5 Å². The molecule has 0 spiro atoms. The third kappa shape index (κ3) is 5.06. The van der Waals surface area contributed by atoms with Crippen molar-refractivity contribution in [3.05, 3.63) is 81.3 Å². The van der Waals surface area contributed by atoms with Gasteiger partial charge in [-0.1, -0.05) is 36.4 Å². The van der Waals surface area contributed by atoms with E-state index in [4.69, 9.17) is 9.47 Å². The lowest BCUT2D eigenvalue weighted by atomic mass is 10.2. The standard InChI is InChI=1S/C21H18N2O6S/c1-28-17-9-2-3-10-18(17)29-13-12-22-20(24)19(30-21(22)25)11-5-7-15-6-4-8-16(14-15)23(26)27/h2-11,14H,12-13H2,1H3/b7-5+,19-11-. The number of ether oxygens (including phenoxy) is 2. The Hall–Kier alpha value is -3.59. The molecule has 8 nitrogen and oxygen atoms in total. The number of nitrogens with zero attached hydrogens (tertiary/aromatic N) is 2. The molecule has 2 amide bonds. The Morgan fingerprint density at radius 3 is 2.63 bits per heavy atom. The Labute approximate surface area is 176 Å². The van der Waals surface area contributed by atoms with Gasteiger partial charge in [-0.2, -0.15) is 0 Å². The van der Waals surface area contributed by atoms with E-state index in [1.165, 1.54) is 25.3 Å². The van der Waals surface area contributed by atoms with Crippen LogP contribution in [0.5, 0.6) is 11.5 Å². The average molecular weight is 426 g/mol. The number of hydrogen-bond donors (Lipinski definition) is 0. The molecule has 0 saturated carbocycles. The number of thioether (sulfide) groups is 1. The predicted molar refractivity (Wildman–Crippen MR) is 113 cm³/mol. The monoisotopic (exact) mass is 426 g/mol. The lowest BCUT2D eigenvalue weighted by Gasteiger charge is -2.14. The van der Waals surface area contributed by atoms with Crippen LogP contribution in [0, 0.1) is 10.1 Å². The number of benzene rings is 2. The summed E-state index contributed by atoms with van der Waals surface area (Å²) in [5.74, 6) is 0.692. The summed E-state index contributed by atoms with van der Waals surface area (Å²) in [6, 6.07) is 13.2. The van der Waals surface area contributed by atoms with E-state index >= 15 is 0 Å². The first-order chi connectivity index (χ1) is 14.5. The molecule has 0 bridgehead atoms. The smallest absolute Gasteiger partial charge is 0.293 e. The van der Waals surface area contributed by atoms with Crippen molar-refractivity contribution in [2.45, 2.75) is 0 Å². The van der Waals surface area contributed by atoms with Crippen molar-refractivity contribution in [3.8, 4) is 11.5 Å². The van der Waals surface area contributed by atoms with Crippen molar-refractivity contribution in [1.82, 2.24) is 4.90 Å². The number of nitro benzene ring substituents is 1. The van der Waals surface area contributed by atoms with Crippen LogP contribution in [-0.4, -0.2) is 41.2 Å². The van der Waals surface area contributed by atoms with Crippen LogP contribution in [-0.2, 0) is 4.79 Å². The molecule has 1 aliphatic rings. The van der Waals surface area contributed by atoms with Crippen LogP contribution in [0.15, 0.2) is 65.6 Å². The molecule has 0 aliphatic carbocycles. The highest BCUT2D eigenvalue weighted by atomic mass is 32.2. The number of imide groups is 1. The zero-order valence-electron chi connectivity index (χ0n) is 16.0. The largest absolute Gasteiger partial charge is 0.493 e. The number of methoxy groups -OCH3 is 1. The van der Waals surface area contributed by atoms with Gasteiger partial charge in [0, 0.05) is 12.1 Å². The van der Waals surface area contributed by atoms with Crippen molar-refractivity contribution in [1.29, 1.82) is 0 Å². The van der Waals surface area contributed by atoms with E-state index in [1.807, 2.05) is 6.07 Å². The number of para-hydroxylation sites is 2. The third-order valence-electron chi connectivity index (χ3n) is 4.13. The minimum Gasteiger partial charge on any atom is -0.493 e. The molecule has 1 fully saturated rings. The summed E-state index contributed by atoms with van der Waals surface area (Å²) >= 11 is 0.838. The summed E-state index contributed by atoms with van der Waals surface area (Å²) in [6.45, 7) is 0.240. The number of carbonyl (C=O) groups excluding carboxylic acids is 2. The molecule has 0 radical (unpaired) electrons. The molecule has 1 saturated heterocycles. The van der Waals surface area contributed by atoms with Crippen molar-refractivity contribution in [2.24, 2.45) is 0 Å². The molecule has 0 N–H and O–H groups in total. The van der Waals surface area contributed by atoms with E-state index in [0.29, 0.717) is 17.1 Å². The fraction of sp³-hybridized carbons (Fsp3) is 0.143. The van der Waals surface area contributed by atoms with Gasteiger partial charge in [-0.15, -0.1) is 0 Å². The Morgan fingerprint density at radius 2 is 1.90 bits per heavy atom. The second-order valence-corrected chi connectivity index (χ2v) is 7.06. The Morgan fingerprint density at radius 1 is 1.13 bits per heavy atom. The van der Waals surface area contributed by atoms with Crippen molar-refractivity contribution in [2.75, 3.05) is 20.3 Å². The molecular weight excluding hydrogens is 408 g/mol. The Balaban J connectivity index is 1.60. The van der Waals surface area contributed by atoms with Gasteiger partial charge in [-0.3, -0.25) is 24.6 Å². The fourth-order valence-corrected chi connectivity index (χ4v) is 3.50. The van der Waals surface area contributed by atoms with Crippen LogP contribution in [0.2, 0.25) is 0 Å². The molecule has 1 heterocycles. The number of amides is 2. The second kappa shape index (κ2) is 9.75. The van der Waals surface area contributed by atoms with Crippen LogP contribution in [0.4, 0.5) is 10.5 Å². The molecule has 2 aromatic rings. The van der Waals surface area contributed by atoms with E-state index in [1.54, 1.807) is 42.5 Å². The fourth-order valence-electron chi connectivity index (χ4n) is 2.68. The number of hydrogen-bond acceptors (Lipinski definition) is 7. The summed E-state index contributed by atoms with van der Waals surface area (Å²) in [7, 11) is 1.53. The van der Waals surface area contributed by atoms with Crippen molar-refractivity contribution >= 4 is 34.7 Å². The molecule has 0 unspecified atom stereocenters. The van der Waals surface area contributed by atoms with Crippen LogP contribution < -0.4 is 9.47 Å². The molecule has 9 heteroatoms. The van der Waals surface area contributed by atoms with E-state index in [9.17, 15) is 19.7 Å². The second-order valence-electron chi connectivity index (χ2n) is 6.07. The molecule has 1 aliphatic heterocycles. The SMILES string of the molecule is COc1ccccc1OCCN1C(=O)S/C(=C\C=C\c2cccc([N+](=O)[O-])c2)C1=O. The first kappa shape index (κ1) is 21.1. The van der Waals surface area contributed by atoms with Gasteiger partial charge in [0.25, 0.3) is 16.8 Å². The van der Waals surface area contributed by atoms with Gasteiger partial charge >= 0.3 is 0 Å². The van der Waals surface area contributed by atoms with E-state index < -0.39 is 10.8 Å².